The van der Waals surface area contributed by atoms with Crippen LogP contribution in [0.3, 0.4) is 0 Å². The average molecular weight is 297 g/mol. The molecule has 0 bridgehead atoms. The van der Waals surface area contributed by atoms with Gasteiger partial charge >= 0.3 is 0 Å². The summed E-state index contributed by atoms with van der Waals surface area (Å²) in [6, 6.07) is 16.4. The molecule has 3 rings (SSSR count). The normalized spacial score (nSPS) is 11.0. The van der Waals surface area contributed by atoms with Gasteiger partial charge in [-0.3, -0.25) is 4.98 Å². The fourth-order valence-electron chi connectivity index (χ4n) is 2.53. The van der Waals surface area contributed by atoms with Crippen molar-refractivity contribution >= 4 is 22.5 Å². The molecule has 2 nitrogen and oxygen atoms in total. The van der Waals surface area contributed by atoms with Gasteiger partial charge in [-0.1, -0.05) is 48.9 Å². The topological polar surface area (TPSA) is 24.9 Å². The minimum Gasteiger partial charge on any atom is -0.313 e. The van der Waals surface area contributed by atoms with Crippen molar-refractivity contribution in [2.45, 2.75) is 13.5 Å². The lowest BCUT2D eigenvalue weighted by atomic mass is 9.97. The Morgan fingerprint density at radius 1 is 1.05 bits per heavy atom. The van der Waals surface area contributed by atoms with E-state index in [1.54, 1.807) is 0 Å². The second-order valence-electron chi connectivity index (χ2n) is 4.96. The lowest BCUT2D eigenvalue weighted by Gasteiger charge is -2.12. The average Bonchev–Trinajstić information content (AvgIpc) is 2.53. The largest absolute Gasteiger partial charge is 0.313 e. The molecule has 0 radical (unpaired) electrons. The van der Waals surface area contributed by atoms with E-state index in [2.05, 4.69) is 47.6 Å². The molecule has 0 aliphatic carbocycles. The molecule has 0 atom stereocenters. The van der Waals surface area contributed by atoms with Gasteiger partial charge in [-0.2, -0.15) is 0 Å². The molecular weight excluding hydrogens is 280 g/mol. The lowest BCUT2D eigenvalue weighted by Crippen LogP contribution is -2.12. The molecule has 21 heavy (non-hydrogen) atoms. The van der Waals surface area contributed by atoms with Crippen molar-refractivity contribution < 1.29 is 0 Å². The Balaban J connectivity index is 2.19. The highest BCUT2D eigenvalue weighted by Crippen LogP contribution is 2.31. The summed E-state index contributed by atoms with van der Waals surface area (Å²) in [5, 5.41) is 5.27. The van der Waals surface area contributed by atoms with Crippen molar-refractivity contribution in [1.82, 2.24) is 10.3 Å². The first-order chi connectivity index (χ1) is 10.3. The number of nitrogens with zero attached hydrogens (tertiary/aromatic N) is 1. The van der Waals surface area contributed by atoms with Crippen LogP contribution < -0.4 is 5.32 Å². The maximum Gasteiger partial charge on any atom is 0.0780 e. The molecule has 1 heterocycles. The van der Waals surface area contributed by atoms with Gasteiger partial charge in [0.25, 0.3) is 0 Å². The van der Waals surface area contributed by atoms with Crippen LogP contribution in [-0.2, 0) is 6.54 Å². The van der Waals surface area contributed by atoms with E-state index >= 15 is 0 Å². The Morgan fingerprint density at radius 2 is 1.90 bits per heavy atom. The monoisotopic (exact) mass is 296 g/mol. The fraction of sp³-hybridized carbons (Fsp3) is 0.167. The van der Waals surface area contributed by atoms with Gasteiger partial charge in [-0.05, 0) is 35.9 Å². The van der Waals surface area contributed by atoms with Crippen molar-refractivity contribution in [2.75, 3.05) is 6.54 Å². The van der Waals surface area contributed by atoms with Gasteiger partial charge in [-0.15, -0.1) is 0 Å². The van der Waals surface area contributed by atoms with Gasteiger partial charge in [0.2, 0.25) is 0 Å². The van der Waals surface area contributed by atoms with Crippen LogP contribution in [0, 0.1) is 0 Å². The van der Waals surface area contributed by atoms with Gasteiger partial charge in [0, 0.05) is 28.7 Å². The zero-order valence-electron chi connectivity index (χ0n) is 11.9. The quantitative estimate of drug-likeness (QED) is 0.757. The predicted octanol–water partition coefficient (Wildman–Crippen LogP) is 4.66. The molecule has 0 aliphatic heterocycles. The van der Waals surface area contributed by atoms with Gasteiger partial charge in [0.15, 0.2) is 0 Å². The number of nitrogens with one attached hydrogen (secondary N) is 1. The zero-order chi connectivity index (χ0) is 14.7. The number of pyridine rings is 1. The molecular formula is C18H17ClN2. The van der Waals surface area contributed by atoms with E-state index in [1.807, 2.05) is 24.4 Å². The molecule has 0 amide bonds. The Morgan fingerprint density at radius 3 is 2.76 bits per heavy atom. The Labute approximate surface area is 129 Å². The summed E-state index contributed by atoms with van der Waals surface area (Å²) in [4.78, 5) is 4.55. The molecule has 3 aromatic rings. The number of hydrogen-bond acceptors (Lipinski definition) is 2. The molecule has 1 N–H and O–H groups in total. The summed E-state index contributed by atoms with van der Waals surface area (Å²) in [6.45, 7) is 3.87. The molecule has 1 aromatic heterocycles. The fourth-order valence-corrected chi connectivity index (χ4v) is 2.71. The Hall–Kier alpha value is -1.90. The highest BCUT2D eigenvalue weighted by Gasteiger charge is 2.10. The maximum absolute atomic E-state index is 6.21. The maximum atomic E-state index is 6.21. The zero-order valence-corrected chi connectivity index (χ0v) is 12.7. The number of rotatable bonds is 4. The van der Waals surface area contributed by atoms with Crippen LogP contribution in [0.25, 0.3) is 22.0 Å². The van der Waals surface area contributed by atoms with E-state index in [0.29, 0.717) is 0 Å². The molecule has 0 saturated heterocycles. The third-order valence-corrected chi connectivity index (χ3v) is 3.80. The minimum atomic E-state index is 0.748. The third kappa shape index (κ3) is 2.92. The molecule has 0 unspecified atom stereocenters. The molecule has 0 aliphatic rings. The highest BCUT2D eigenvalue weighted by atomic mass is 35.5. The number of halogens is 1. The van der Waals surface area contributed by atoms with E-state index < -0.39 is 0 Å². The first-order valence-electron chi connectivity index (χ1n) is 7.13. The number of para-hydroxylation sites is 1. The van der Waals surface area contributed by atoms with Crippen LogP contribution in [0.1, 0.15) is 12.5 Å². The first-order valence-corrected chi connectivity index (χ1v) is 7.50. The Kier molecular flexibility index (Phi) is 4.18. The summed E-state index contributed by atoms with van der Waals surface area (Å²) in [5.41, 5.74) is 4.52. The van der Waals surface area contributed by atoms with Gasteiger partial charge in [0.1, 0.15) is 0 Å². The number of benzene rings is 2. The van der Waals surface area contributed by atoms with Crippen molar-refractivity contribution in [1.29, 1.82) is 0 Å². The third-order valence-electron chi connectivity index (χ3n) is 3.56. The van der Waals surface area contributed by atoms with Crippen molar-refractivity contribution in [3.05, 3.63) is 65.3 Å². The van der Waals surface area contributed by atoms with Gasteiger partial charge in [-0.25, -0.2) is 0 Å². The van der Waals surface area contributed by atoms with Crippen LogP contribution in [-0.4, -0.2) is 11.5 Å². The van der Waals surface area contributed by atoms with Crippen LogP contribution in [0.15, 0.2) is 54.7 Å². The van der Waals surface area contributed by atoms with Crippen molar-refractivity contribution in [3.63, 3.8) is 0 Å². The summed E-state index contributed by atoms with van der Waals surface area (Å²) in [6.07, 6.45) is 1.83. The van der Waals surface area contributed by atoms with E-state index in [4.69, 9.17) is 11.6 Å². The van der Waals surface area contributed by atoms with Crippen LogP contribution in [0.5, 0.6) is 0 Å². The highest BCUT2D eigenvalue weighted by molar-refractivity contribution is 6.31. The van der Waals surface area contributed by atoms with Crippen LogP contribution in [0.2, 0.25) is 5.02 Å². The molecule has 0 spiro atoms. The van der Waals surface area contributed by atoms with Crippen LogP contribution in [0.4, 0.5) is 0 Å². The van der Waals surface area contributed by atoms with E-state index in [9.17, 15) is 0 Å². The predicted molar refractivity (Wildman–Crippen MR) is 89.6 cm³/mol. The van der Waals surface area contributed by atoms with Gasteiger partial charge in [0.05, 0.1) is 5.52 Å². The van der Waals surface area contributed by atoms with Crippen LogP contribution >= 0.6 is 11.6 Å². The minimum absolute atomic E-state index is 0.748. The summed E-state index contributed by atoms with van der Waals surface area (Å²) in [7, 11) is 0. The molecule has 106 valence electrons. The smallest absolute Gasteiger partial charge is 0.0780 e. The second kappa shape index (κ2) is 6.25. The number of hydrogen-bond donors (Lipinski definition) is 1. The SMILES string of the molecule is CCNCc1ccc(Cl)cc1-c1cccc2cccnc12. The number of fused-ring (bicyclic) bond motifs is 1. The second-order valence-corrected chi connectivity index (χ2v) is 5.40. The summed E-state index contributed by atoms with van der Waals surface area (Å²) < 4.78 is 0. The summed E-state index contributed by atoms with van der Waals surface area (Å²) in [5.74, 6) is 0. The van der Waals surface area contributed by atoms with E-state index in [-0.39, 0.29) is 0 Å². The molecule has 0 saturated carbocycles. The molecule has 2 aromatic carbocycles. The molecule has 0 fully saturated rings. The van der Waals surface area contributed by atoms with Crippen molar-refractivity contribution in [2.24, 2.45) is 0 Å². The van der Waals surface area contributed by atoms with Crippen molar-refractivity contribution in [3.8, 4) is 11.1 Å². The summed E-state index contributed by atoms with van der Waals surface area (Å²) >= 11 is 6.21. The lowest BCUT2D eigenvalue weighted by molar-refractivity contribution is 0.728. The van der Waals surface area contributed by atoms with Gasteiger partial charge < -0.3 is 5.32 Å². The van der Waals surface area contributed by atoms with E-state index in [0.717, 1.165) is 40.1 Å². The Bertz CT molecular complexity index is 763. The van der Waals surface area contributed by atoms with E-state index in [1.165, 1.54) is 5.56 Å². The standard InChI is InChI=1S/C18H17ClN2/c1-2-20-12-14-8-9-15(19)11-17(14)16-7-3-5-13-6-4-10-21-18(13)16/h3-11,20H,2,12H2,1H3. The molecule has 3 heteroatoms. The first kappa shape index (κ1) is 14.1. The number of aromatic nitrogens is 1.